The number of thioether (sulfide) groups is 1. The highest BCUT2D eigenvalue weighted by atomic mass is 79.9. The smallest absolute Gasteiger partial charge is 0.184 e. The number of nitrogens with zero attached hydrogens (tertiary/aromatic N) is 4. The first kappa shape index (κ1) is 27.7. The first-order valence-corrected chi connectivity index (χ1v) is 14.8. The van der Waals surface area contributed by atoms with E-state index in [0.717, 1.165) is 19.9 Å². The summed E-state index contributed by atoms with van der Waals surface area (Å²) in [6, 6.07) is 15.6. The SMILES string of the molecule is CO[C@@H](Cn1cc(-c2nccs2)nn1)C(OC1COC(c2ccccc2)O[C@@H]1C)Sc1cc(Br)ccc1Cl. The van der Waals surface area contributed by atoms with Gasteiger partial charge in [0.05, 0.1) is 30.5 Å². The molecule has 38 heavy (non-hydrogen) atoms. The van der Waals surface area contributed by atoms with Crippen LogP contribution in [0.25, 0.3) is 10.7 Å². The highest BCUT2D eigenvalue weighted by Crippen LogP contribution is 2.37. The average molecular weight is 638 g/mol. The van der Waals surface area contributed by atoms with Crippen molar-refractivity contribution in [2.45, 2.75) is 48.4 Å². The number of halogens is 2. The van der Waals surface area contributed by atoms with Crippen LogP contribution in [0.2, 0.25) is 5.02 Å². The number of rotatable bonds is 10. The number of methoxy groups -OCH3 is 1. The Labute approximate surface area is 242 Å². The second kappa shape index (κ2) is 13.0. The van der Waals surface area contributed by atoms with Crippen molar-refractivity contribution in [2.75, 3.05) is 13.7 Å². The topological polar surface area (TPSA) is 80.5 Å². The van der Waals surface area contributed by atoms with Gasteiger partial charge in [-0.25, -0.2) is 9.67 Å². The summed E-state index contributed by atoms with van der Waals surface area (Å²) in [7, 11) is 1.66. The maximum absolute atomic E-state index is 6.63. The molecule has 1 aliphatic heterocycles. The molecule has 5 rings (SSSR count). The van der Waals surface area contributed by atoms with E-state index in [0.29, 0.717) is 23.9 Å². The van der Waals surface area contributed by atoms with Crippen molar-refractivity contribution < 1.29 is 18.9 Å². The number of aromatic nitrogens is 4. The summed E-state index contributed by atoms with van der Waals surface area (Å²) in [6.07, 6.45) is 2.25. The molecule has 12 heteroatoms. The van der Waals surface area contributed by atoms with Gasteiger partial charge in [0.1, 0.15) is 28.3 Å². The van der Waals surface area contributed by atoms with Crippen LogP contribution in [0.4, 0.5) is 0 Å². The van der Waals surface area contributed by atoms with Gasteiger partial charge in [0.25, 0.3) is 0 Å². The monoisotopic (exact) mass is 636 g/mol. The quantitative estimate of drug-likeness (QED) is 0.145. The van der Waals surface area contributed by atoms with Gasteiger partial charge < -0.3 is 18.9 Å². The van der Waals surface area contributed by atoms with E-state index < -0.39 is 11.7 Å². The van der Waals surface area contributed by atoms with Crippen LogP contribution in [0.1, 0.15) is 18.8 Å². The number of ether oxygens (including phenoxy) is 4. The Bertz CT molecular complexity index is 1310. The minimum Gasteiger partial charge on any atom is -0.376 e. The predicted octanol–water partition coefficient (Wildman–Crippen LogP) is 6.47. The molecule has 1 saturated heterocycles. The van der Waals surface area contributed by atoms with Crippen molar-refractivity contribution in [3.05, 3.63) is 81.4 Å². The molecule has 1 fully saturated rings. The van der Waals surface area contributed by atoms with Crippen molar-refractivity contribution in [3.8, 4) is 10.7 Å². The van der Waals surface area contributed by atoms with E-state index in [1.165, 1.54) is 23.1 Å². The minimum atomic E-state index is -0.452. The molecule has 2 aromatic carbocycles. The molecule has 2 aromatic heterocycles. The van der Waals surface area contributed by atoms with Crippen molar-refractivity contribution in [2.24, 2.45) is 0 Å². The van der Waals surface area contributed by atoms with E-state index in [4.69, 9.17) is 30.5 Å². The zero-order valence-corrected chi connectivity index (χ0v) is 24.6. The summed E-state index contributed by atoms with van der Waals surface area (Å²) in [5.41, 5.74) is 1.23. The van der Waals surface area contributed by atoms with Crippen molar-refractivity contribution in [3.63, 3.8) is 0 Å². The van der Waals surface area contributed by atoms with Crippen molar-refractivity contribution in [1.82, 2.24) is 20.0 Å². The van der Waals surface area contributed by atoms with Crippen LogP contribution in [-0.2, 0) is 25.5 Å². The molecule has 3 unspecified atom stereocenters. The first-order valence-electron chi connectivity index (χ1n) is 11.9. The molecular formula is C26H26BrClN4O4S2. The maximum Gasteiger partial charge on any atom is 0.184 e. The summed E-state index contributed by atoms with van der Waals surface area (Å²) in [5, 5.41) is 11.9. The lowest BCUT2D eigenvalue weighted by atomic mass is 10.1. The fraction of sp³-hybridized carbons (Fsp3) is 0.346. The molecule has 0 amide bonds. The molecule has 5 atom stereocenters. The highest BCUT2D eigenvalue weighted by molar-refractivity contribution is 9.10. The second-order valence-corrected chi connectivity index (χ2v) is 11.9. The molecule has 0 bridgehead atoms. The second-order valence-electron chi connectivity index (χ2n) is 8.59. The molecule has 200 valence electrons. The normalized spacial score (nSPS) is 21.3. The highest BCUT2D eigenvalue weighted by Gasteiger charge is 2.35. The van der Waals surface area contributed by atoms with E-state index >= 15 is 0 Å². The first-order chi connectivity index (χ1) is 18.5. The Morgan fingerprint density at radius 3 is 2.84 bits per heavy atom. The van der Waals surface area contributed by atoms with Gasteiger partial charge in [-0.1, -0.05) is 74.8 Å². The molecular weight excluding hydrogens is 612 g/mol. The maximum atomic E-state index is 6.63. The third-order valence-corrected chi connectivity index (χ3v) is 8.92. The van der Waals surface area contributed by atoms with Crippen LogP contribution in [-0.4, -0.2) is 57.4 Å². The van der Waals surface area contributed by atoms with Gasteiger partial charge in [0.15, 0.2) is 6.29 Å². The molecule has 0 radical (unpaired) electrons. The van der Waals surface area contributed by atoms with Crippen LogP contribution in [0.5, 0.6) is 0 Å². The van der Waals surface area contributed by atoms with Gasteiger partial charge in [-0.2, -0.15) is 0 Å². The standard InChI is InChI=1S/C26H26BrClN4O4S2/c1-16-22(15-34-25(35-16)17-6-4-3-5-7-17)36-26(38-23-12-18(27)8-9-19(23)28)21(33-2)14-32-13-20(30-31-32)24-29-10-11-37-24/h3-13,16,21-22,25-26H,14-15H2,1-2H3/t16-,21+,22?,25?,26?/m1/s1. The van der Waals surface area contributed by atoms with Crippen molar-refractivity contribution >= 4 is 50.6 Å². The van der Waals surface area contributed by atoms with Gasteiger partial charge in [0, 0.05) is 33.6 Å². The third kappa shape index (κ3) is 6.83. The molecule has 4 aromatic rings. The number of hydrogen-bond donors (Lipinski definition) is 0. The lowest BCUT2D eigenvalue weighted by Crippen LogP contribution is -2.45. The molecule has 0 spiro atoms. The molecule has 3 heterocycles. The van der Waals surface area contributed by atoms with E-state index in [-0.39, 0.29) is 18.3 Å². The van der Waals surface area contributed by atoms with Gasteiger partial charge in [-0.15, -0.1) is 16.4 Å². The zero-order valence-electron chi connectivity index (χ0n) is 20.6. The van der Waals surface area contributed by atoms with Crippen molar-refractivity contribution in [1.29, 1.82) is 0 Å². The Hall–Kier alpha value is -1.83. The lowest BCUT2D eigenvalue weighted by molar-refractivity contribution is -0.267. The largest absolute Gasteiger partial charge is 0.376 e. The van der Waals surface area contributed by atoms with E-state index in [1.807, 2.05) is 67.0 Å². The van der Waals surface area contributed by atoms with Crippen LogP contribution >= 0.6 is 50.6 Å². The van der Waals surface area contributed by atoms with E-state index in [2.05, 4.69) is 31.2 Å². The molecule has 0 N–H and O–H groups in total. The van der Waals surface area contributed by atoms with Crippen LogP contribution in [0.15, 0.2) is 75.7 Å². The average Bonchev–Trinajstić information content (AvgIpc) is 3.63. The van der Waals surface area contributed by atoms with E-state index in [1.54, 1.807) is 18.0 Å². The third-order valence-electron chi connectivity index (χ3n) is 5.95. The minimum absolute atomic E-state index is 0.213. The zero-order chi connectivity index (χ0) is 26.5. The Balaban J connectivity index is 1.34. The van der Waals surface area contributed by atoms with Gasteiger partial charge >= 0.3 is 0 Å². The van der Waals surface area contributed by atoms with Gasteiger partial charge in [-0.3, -0.25) is 0 Å². The summed E-state index contributed by atoms with van der Waals surface area (Å²) in [5.74, 6) is 0. The summed E-state index contributed by atoms with van der Waals surface area (Å²) < 4.78 is 27.5. The Morgan fingerprint density at radius 1 is 1.26 bits per heavy atom. The van der Waals surface area contributed by atoms with Crippen LogP contribution in [0.3, 0.4) is 0 Å². The van der Waals surface area contributed by atoms with Gasteiger partial charge in [-0.05, 0) is 25.1 Å². The van der Waals surface area contributed by atoms with Gasteiger partial charge in [0.2, 0.25) is 0 Å². The molecule has 0 saturated carbocycles. The van der Waals surface area contributed by atoms with E-state index in [9.17, 15) is 0 Å². The van der Waals surface area contributed by atoms with Crippen LogP contribution < -0.4 is 0 Å². The van der Waals surface area contributed by atoms with Crippen LogP contribution in [0, 0.1) is 0 Å². The molecule has 1 aliphatic rings. The fourth-order valence-corrected chi connectivity index (χ4v) is 6.45. The number of hydrogen-bond acceptors (Lipinski definition) is 9. The summed E-state index contributed by atoms with van der Waals surface area (Å²) in [4.78, 5) is 5.18. The fourth-order valence-electron chi connectivity index (χ4n) is 3.92. The summed E-state index contributed by atoms with van der Waals surface area (Å²) >= 11 is 13.1. The Kier molecular flexibility index (Phi) is 9.50. The lowest BCUT2D eigenvalue weighted by Gasteiger charge is -2.38. The Morgan fingerprint density at radius 2 is 2.11 bits per heavy atom. The molecule has 8 nitrogen and oxygen atoms in total. The molecule has 0 aliphatic carbocycles. The summed E-state index contributed by atoms with van der Waals surface area (Å²) in [6.45, 7) is 2.78. The number of thiazole rings is 1. The predicted molar refractivity (Wildman–Crippen MR) is 151 cm³/mol. The number of benzene rings is 2.